The van der Waals surface area contributed by atoms with E-state index in [4.69, 9.17) is 0 Å². The minimum atomic E-state index is -2.96. The summed E-state index contributed by atoms with van der Waals surface area (Å²) in [7, 11) is -1.21. The van der Waals surface area contributed by atoms with Crippen molar-refractivity contribution in [1.29, 1.82) is 0 Å². The normalized spacial score (nSPS) is 11.2. The highest BCUT2D eigenvalue weighted by Gasteiger charge is 2.09. The summed E-state index contributed by atoms with van der Waals surface area (Å²) in [6.45, 7) is 1.96. The molecule has 0 fully saturated rings. The van der Waals surface area contributed by atoms with E-state index in [1.54, 1.807) is 14.0 Å². The van der Waals surface area contributed by atoms with Crippen LogP contribution in [-0.4, -0.2) is 43.5 Å². The maximum Gasteiger partial charge on any atom is 0.151 e. The van der Waals surface area contributed by atoms with Crippen LogP contribution < -0.4 is 10.6 Å². The number of nitrogens with one attached hydrogen (secondary N) is 2. The standard InChI is InChI=1S/C9H15BrN4O2S/c1-3-17(15,16)5-4-12-9-7(10)8(11-2)13-6-14-9/h6H,3-5H2,1-2H3,(H2,11,12,13,14). The number of anilines is 2. The zero-order chi connectivity index (χ0) is 12.9. The highest BCUT2D eigenvalue weighted by Crippen LogP contribution is 2.25. The largest absolute Gasteiger partial charge is 0.372 e. The molecule has 17 heavy (non-hydrogen) atoms. The Morgan fingerprint density at radius 3 is 2.59 bits per heavy atom. The summed E-state index contributed by atoms with van der Waals surface area (Å²) in [6, 6.07) is 0. The maximum absolute atomic E-state index is 11.3. The average Bonchev–Trinajstić information content (AvgIpc) is 2.31. The fourth-order valence-corrected chi connectivity index (χ4v) is 2.38. The van der Waals surface area contributed by atoms with E-state index in [0.717, 1.165) is 0 Å². The Morgan fingerprint density at radius 1 is 1.35 bits per heavy atom. The minimum Gasteiger partial charge on any atom is -0.372 e. The molecule has 1 rings (SSSR count). The third-order valence-electron chi connectivity index (χ3n) is 2.17. The third kappa shape index (κ3) is 4.12. The van der Waals surface area contributed by atoms with Gasteiger partial charge in [-0.3, -0.25) is 0 Å². The van der Waals surface area contributed by atoms with Crippen LogP contribution >= 0.6 is 15.9 Å². The van der Waals surface area contributed by atoms with Gasteiger partial charge in [0, 0.05) is 19.3 Å². The second-order valence-corrected chi connectivity index (χ2v) is 6.56. The van der Waals surface area contributed by atoms with Gasteiger partial charge in [-0.25, -0.2) is 18.4 Å². The molecular weight excluding hydrogens is 308 g/mol. The lowest BCUT2D eigenvalue weighted by atomic mass is 10.5. The lowest BCUT2D eigenvalue weighted by Crippen LogP contribution is -2.18. The van der Waals surface area contributed by atoms with Crippen LogP contribution in [0.5, 0.6) is 0 Å². The zero-order valence-electron chi connectivity index (χ0n) is 9.70. The summed E-state index contributed by atoms with van der Waals surface area (Å²) in [5.74, 6) is 1.48. The number of aromatic nitrogens is 2. The monoisotopic (exact) mass is 322 g/mol. The molecule has 0 aromatic carbocycles. The smallest absolute Gasteiger partial charge is 0.151 e. The molecular formula is C9H15BrN4O2S. The molecule has 0 atom stereocenters. The van der Waals surface area contributed by atoms with Crippen LogP contribution in [0.3, 0.4) is 0 Å². The van der Waals surface area contributed by atoms with Gasteiger partial charge in [0.15, 0.2) is 9.84 Å². The molecule has 0 aliphatic rings. The van der Waals surface area contributed by atoms with Crippen molar-refractivity contribution < 1.29 is 8.42 Å². The highest BCUT2D eigenvalue weighted by molar-refractivity contribution is 9.10. The van der Waals surface area contributed by atoms with Crippen molar-refractivity contribution in [2.24, 2.45) is 0 Å². The van der Waals surface area contributed by atoms with Gasteiger partial charge in [-0.2, -0.15) is 0 Å². The van der Waals surface area contributed by atoms with Gasteiger partial charge in [-0.05, 0) is 15.9 Å². The molecule has 0 unspecified atom stereocenters. The molecule has 0 aliphatic heterocycles. The van der Waals surface area contributed by atoms with Crippen LogP contribution in [0.1, 0.15) is 6.92 Å². The first kappa shape index (κ1) is 14.2. The average molecular weight is 323 g/mol. The van der Waals surface area contributed by atoms with Crippen LogP contribution in [0, 0.1) is 0 Å². The van der Waals surface area contributed by atoms with E-state index in [0.29, 0.717) is 22.7 Å². The molecule has 0 amide bonds. The molecule has 0 saturated carbocycles. The predicted molar refractivity (Wildman–Crippen MR) is 72.1 cm³/mol. The van der Waals surface area contributed by atoms with Gasteiger partial charge in [0.1, 0.15) is 22.4 Å². The molecule has 96 valence electrons. The lowest BCUT2D eigenvalue weighted by Gasteiger charge is -2.09. The summed E-state index contributed by atoms with van der Waals surface area (Å²) in [4.78, 5) is 8.03. The van der Waals surface area contributed by atoms with E-state index in [9.17, 15) is 8.42 Å². The van der Waals surface area contributed by atoms with Crippen molar-refractivity contribution in [3.05, 3.63) is 10.8 Å². The van der Waals surface area contributed by atoms with Gasteiger partial charge >= 0.3 is 0 Å². The Balaban J connectivity index is 2.64. The van der Waals surface area contributed by atoms with Crippen LogP contribution in [0.2, 0.25) is 0 Å². The van der Waals surface area contributed by atoms with Crippen LogP contribution in [-0.2, 0) is 9.84 Å². The molecule has 0 saturated heterocycles. The fraction of sp³-hybridized carbons (Fsp3) is 0.556. The van der Waals surface area contributed by atoms with Crippen molar-refractivity contribution in [2.75, 3.05) is 35.7 Å². The first-order valence-corrected chi connectivity index (χ1v) is 7.74. The van der Waals surface area contributed by atoms with Crippen molar-refractivity contribution in [1.82, 2.24) is 9.97 Å². The summed E-state index contributed by atoms with van der Waals surface area (Å²) in [6.07, 6.45) is 1.41. The number of nitrogens with zero attached hydrogens (tertiary/aromatic N) is 2. The lowest BCUT2D eigenvalue weighted by molar-refractivity contribution is 0.597. The van der Waals surface area contributed by atoms with Crippen molar-refractivity contribution >= 4 is 37.4 Å². The highest BCUT2D eigenvalue weighted by atomic mass is 79.9. The quantitative estimate of drug-likeness (QED) is 0.816. The molecule has 8 heteroatoms. The third-order valence-corrected chi connectivity index (χ3v) is 4.63. The van der Waals surface area contributed by atoms with Crippen molar-refractivity contribution in [2.45, 2.75) is 6.92 Å². The minimum absolute atomic E-state index is 0.0921. The topological polar surface area (TPSA) is 84.0 Å². The Bertz CT molecular complexity index is 478. The molecule has 0 radical (unpaired) electrons. The van der Waals surface area contributed by atoms with Gasteiger partial charge in [-0.1, -0.05) is 6.92 Å². The van der Waals surface area contributed by atoms with Gasteiger partial charge < -0.3 is 10.6 Å². The zero-order valence-corrected chi connectivity index (χ0v) is 12.1. The molecule has 2 N–H and O–H groups in total. The summed E-state index contributed by atoms with van der Waals surface area (Å²) < 4.78 is 23.3. The number of sulfone groups is 1. The summed E-state index contributed by atoms with van der Waals surface area (Å²) >= 11 is 3.34. The van der Waals surface area contributed by atoms with Crippen molar-refractivity contribution in [3.8, 4) is 0 Å². The number of halogens is 1. The Kier molecular flexibility index (Phi) is 5.13. The number of hydrogen-bond acceptors (Lipinski definition) is 6. The number of rotatable bonds is 6. The fourth-order valence-electron chi connectivity index (χ4n) is 1.14. The Labute approximate surface area is 109 Å². The van der Waals surface area contributed by atoms with Gasteiger partial charge in [0.05, 0.1) is 5.75 Å². The molecule has 1 aromatic heterocycles. The second kappa shape index (κ2) is 6.15. The van der Waals surface area contributed by atoms with Crippen LogP contribution in [0.4, 0.5) is 11.6 Å². The molecule has 0 spiro atoms. The van der Waals surface area contributed by atoms with Gasteiger partial charge in [0.25, 0.3) is 0 Å². The van der Waals surface area contributed by atoms with E-state index in [-0.39, 0.29) is 11.5 Å². The number of hydrogen-bond donors (Lipinski definition) is 2. The van der Waals surface area contributed by atoms with Crippen molar-refractivity contribution in [3.63, 3.8) is 0 Å². The molecule has 1 aromatic rings. The summed E-state index contributed by atoms with van der Waals surface area (Å²) in [5, 5.41) is 5.86. The van der Waals surface area contributed by atoms with Gasteiger partial charge in [-0.15, -0.1) is 0 Å². The van der Waals surface area contributed by atoms with E-state index >= 15 is 0 Å². The van der Waals surface area contributed by atoms with Gasteiger partial charge in [0.2, 0.25) is 0 Å². The molecule has 1 heterocycles. The van der Waals surface area contributed by atoms with Crippen LogP contribution in [0.15, 0.2) is 10.8 Å². The predicted octanol–water partition coefficient (Wildman–Crippen LogP) is 1.13. The SMILES string of the molecule is CCS(=O)(=O)CCNc1ncnc(NC)c1Br. The first-order valence-electron chi connectivity index (χ1n) is 5.12. The Hall–Kier alpha value is -0.890. The van der Waals surface area contributed by atoms with E-state index in [1.807, 2.05) is 0 Å². The van der Waals surface area contributed by atoms with E-state index in [1.165, 1.54) is 6.33 Å². The van der Waals surface area contributed by atoms with E-state index < -0.39 is 9.84 Å². The van der Waals surface area contributed by atoms with Crippen LogP contribution in [0.25, 0.3) is 0 Å². The first-order chi connectivity index (χ1) is 8.00. The molecule has 6 nitrogen and oxygen atoms in total. The Morgan fingerprint density at radius 2 is 2.00 bits per heavy atom. The maximum atomic E-state index is 11.3. The molecule has 0 aliphatic carbocycles. The molecule has 0 bridgehead atoms. The summed E-state index contributed by atoms with van der Waals surface area (Å²) in [5.41, 5.74) is 0. The van der Waals surface area contributed by atoms with E-state index in [2.05, 4.69) is 36.5 Å². The second-order valence-electron chi connectivity index (χ2n) is 3.30.